The van der Waals surface area contributed by atoms with Crippen molar-refractivity contribution in [1.29, 1.82) is 5.41 Å². The second-order valence-corrected chi connectivity index (χ2v) is 3.92. The first-order valence-electron chi connectivity index (χ1n) is 3.94. The lowest BCUT2D eigenvalue weighted by Crippen LogP contribution is -2.13. The van der Waals surface area contributed by atoms with Crippen molar-refractivity contribution in [1.82, 2.24) is 4.57 Å². The highest BCUT2D eigenvalue weighted by Crippen LogP contribution is 2.00. The van der Waals surface area contributed by atoms with Crippen LogP contribution in [0.2, 0.25) is 0 Å². The summed E-state index contributed by atoms with van der Waals surface area (Å²) in [6, 6.07) is 0. The Balaban J connectivity index is 2.51. The Hall–Kier alpha value is -0.610. The minimum absolute atomic E-state index is 0.628. The molecule has 0 atom stereocenters. The fraction of sp³-hybridized carbons (Fsp3) is 0.625. The van der Waals surface area contributed by atoms with Crippen molar-refractivity contribution in [3.8, 4) is 0 Å². The zero-order chi connectivity index (χ0) is 8.97. The van der Waals surface area contributed by atoms with Crippen LogP contribution in [0.25, 0.3) is 0 Å². The second kappa shape index (κ2) is 4.42. The Kier molecular flexibility index (Phi) is 3.49. The van der Waals surface area contributed by atoms with Crippen molar-refractivity contribution in [3.05, 3.63) is 15.9 Å². The van der Waals surface area contributed by atoms with Crippen molar-refractivity contribution in [3.63, 3.8) is 0 Å². The Morgan fingerprint density at radius 1 is 1.67 bits per heavy atom. The van der Waals surface area contributed by atoms with Gasteiger partial charge in [0.05, 0.1) is 0 Å². The fourth-order valence-electron chi connectivity index (χ4n) is 1.06. The molecule has 1 heterocycles. The van der Waals surface area contributed by atoms with E-state index < -0.39 is 0 Å². The number of nitrogens with one attached hydrogen (secondary N) is 1. The SMILES string of the molecule is COCCCn1cc(C)sc1=N. The lowest BCUT2D eigenvalue weighted by Gasteiger charge is -2.00. The fourth-order valence-corrected chi connectivity index (χ4v) is 1.81. The second-order valence-electron chi connectivity index (χ2n) is 2.69. The Morgan fingerprint density at radius 3 is 2.92 bits per heavy atom. The first-order chi connectivity index (χ1) is 5.74. The number of rotatable bonds is 4. The predicted octanol–water partition coefficient (Wildman–Crippen LogP) is 1.37. The van der Waals surface area contributed by atoms with Gasteiger partial charge in [0.15, 0.2) is 4.80 Å². The molecule has 0 aliphatic rings. The summed E-state index contributed by atoms with van der Waals surface area (Å²) < 4.78 is 6.90. The summed E-state index contributed by atoms with van der Waals surface area (Å²) in [6.45, 7) is 3.67. The molecular weight excluding hydrogens is 172 g/mol. The number of hydrogen-bond acceptors (Lipinski definition) is 3. The van der Waals surface area contributed by atoms with Gasteiger partial charge in [0.25, 0.3) is 0 Å². The van der Waals surface area contributed by atoms with E-state index in [1.165, 1.54) is 16.2 Å². The summed E-state index contributed by atoms with van der Waals surface area (Å²) in [6.07, 6.45) is 2.99. The first kappa shape index (κ1) is 9.48. The number of thiazole rings is 1. The quantitative estimate of drug-likeness (QED) is 0.709. The standard InChI is InChI=1S/C8H14N2OS/c1-7-6-10(8(9)12-7)4-3-5-11-2/h6,9H,3-5H2,1-2H3. The van der Waals surface area contributed by atoms with Gasteiger partial charge in [-0.3, -0.25) is 5.41 Å². The van der Waals surface area contributed by atoms with Crippen LogP contribution in [0.5, 0.6) is 0 Å². The molecule has 0 saturated carbocycles. The van der Waals surface area contributed by atoms with E-state index in [-0.39, 0.29) is 0 Å². The monoisotopic (exact) mass is 186 g/mol. The molecule has 0 saturated heterocycles. The van der Waals surface area contributed by atoms with Crippen LogP contribution in [0.15, 0.2) is 6.20 Å². The average Bonchev–Trinajstić information content (AvgIpc) is 2.31. The van der Waals surface area contributed by atoms with E-state index in [1.807, 2.05) is 17.7 Å². The van der Waals surface area contributed by atoms with E-state index >= 15 is 0 Å². The van der Waals surface area contributed by atoms with Gasteiger partial charge >= 0.3 is 0 Å². The van der Waals surface area contributed by atoms with Gasteiger partial charge in [0, 0.05) is 31.3 Å². The number of aromatic nitrogens is 1. The van der Waals surface area contributed by atoms with E-state index in [0.717, 1.165) is 19.6 Å². The van der Waals surface area contributed by atoms with Crippen LogP contribution in [-0.4, -0.2) is 18.3 Å². The third kappa shape index (κ3) is 2.46. The van der Waals surface area contributed by atoms with Gasteiger partial charge in [0.2, 0.25) is 0 Å². The van der Waals surface area contributed by atoms with Crippen molar-refractivity contribution in [2.75, 3.05) is 13.7 Å². The number of ether oxygens (including phenoxy) is 1. The van der Waals surface area contributed by atoms with Gasteiger partial charge in [-0.05, 0) is 13.3 Å². The van der Waals surface area contributed by atoms with Crippen LogP contribution in [0, 0.1) is 12.3 Å². The van der Waals surface area contributed by atoms with Crippen LogP contribution in [-0.2, 0) is 11.3 Å². The number of hydrogen-bond donors (Lipinski definition) is 1. The summed E-state index contributed by atoms with van der Waals surface area (Å²) in [7, 11) is 1.70. The maximum absolute atomic E-state index is 7.57. The highest BCUT2D eigenvalue weighted by molar-refractivity contribution is 7.09. The van der Waals surface area contributed by atoms with Crippen molar-refractivity contribution in [2.45, 2.75) is 19.9 Å². The molecule has 1 aromatic heterocycles. The third-order valence-electron chi connectivity index (χ3n) is 1.60. The molecule has 0 fully saturated rings. The summed E-state index contributed by atoms with van der Waals surface area (Å²) in [5.74, 6) is 0. The summed E-state index contributed by atoms with van der Waals surface area (Å²) in [5, 5.41) is 7.57. The van der Waals surface area contributed by atoms with E-state index in [1.54, 1.807) is 7.11 Å². The highest BCUT2D eigenvalue weighted by Gasteiger charge is 1.96. The molecule has 3 nitrogen and oxygen atoms in total. The first-order valence-corrected chi connectivity index (χ1v) is 4.76. The Morgan fingerprint density at radius 2 is 2.42 bits per heavy atom. The van der Waals surface area contributed by atoms with E-state index in [4.69, 9.17) is 10.1 Å². The number of methoxy groups -OCH3 is 1. The summed E-state index contributed by atoms with van der Waals surface area (Å²) in [5.41, 5.74) is 0. The molecule has 1 N–H and O–H groups in total. The highest BCUT2D eigenvalue weighted by atomic mass is 32.1. The smallest absolute Gasteiger partial charge is 0.182 e. The average molecular weight is 186 g/mol. The molecular formula is C8H14N2OS. The largest absolute Gasteiger partial charge is 0.385 e. The summed E-state index contributed by atoms with van der Waals surface area (Å²) in [4.78, 5) is 1.82. The van der Waals surface area contributed by atoms with Gasteiger partial charge in [-0.15, -0.1) is 11.3 Å². The van der Waals surface area contributed by atoms with E-state index in [2.05, 4.69) is 0 Å². The van der Waals surface area contributed by atoms with Gasteiger partial charge < -0.3 is 9.30 Å². The molecule has 4 heteroatoms. The molecule has 68 valence electrons. The summed E-state index contributed by atoms with van der Waals surface area (Å²) >= 11 is 1.52. The van der Waals surface area contributed by atoms with E-state index in [0.29, 0.717) is 4.80 Å². The molecule has 12 heavy (non-hydrogen) atoms. The van der Waals surface area contributed by atoms with E-state index in [9.17, 15) is 0 Å². The van der Waals surface area contributed by atoms with Crippen molar-refractivity contribution >= 4 is 11.3 Å². The topological polar surface area (TPSA) is 38.0 Å². The van der Waals surface area contributed by atoms with Crippen molar-refractivity contribution < 1.29 is 4.74 Å². The van der Waals surface area contributed by atoms with Crippen LogP contribution in [0.3, 0.4) is 0 Å². The maximum atomic E-state index is 7.57. The molecule has 0 aliphatic heterocycles. The lowest BCUT2D eigenvalue weighted by atomic mass is 10.4. The van der Waals surface area contributed by atoms with Crippen LogP contribution >= 0.6 is 11.3 Å². The van der Waals surface area contributed by atoms with Gasteiger partial charge in [-0.25, -0.2) is 0 Å². The molecule has 1 rings (SSSR count). The molecule has 0 unspecified atom stereocenters. The molecule has 0 bridgehead atoms. The van der Waals surface area contributed by atoms with Crippen LogP contribution in [0.1, 0.15) is 11.3 Å². The number of nitrogens with zero attached hydrogens (tertiary/aromatic N) is 1. The zero-order valence-corrected chi connectivity index (χ0v) is 8.28. The van der Waals surface area contributed by atoms with Gasteiger partial charge in [-0.2, -0.15) is 0 Å². The zero-order valence-electron chi connectivity index (χ0n) is 7.46. The Bertz CT molecular complexity index is 289. The van der Waals surface area contributed by atoms with Gasteiger partial charge in [0.1, 0.15) is 0 Å². The minimum Gasteiger partial charge on any atom is -0.385 e. The van der Waals surface area contributed by atoms with Crippen molar-refractivity contribution in [2.24, 2.45) is 0 Å². The van der Waals surface area contributed by atoms with Gasteiger partial charge in [-0.1, -0.05) is 0 Å². The lowest BCUT2D eigenvalue weighted by molar-refractivity contribution is 0.190. The predicted molar refractivity (Wildman–Crippen MR) is 49.4 cm³/mol. The molecule has 0 aliphatic carbocycles. The molecule has 0 amide bonds. The molecule has 0 radical (unpaired) electrons. The molecule has 0 aromatic carbocycles. The van der Waals surface area contributed by atoms with Crippen LogP contribution < -0.4 is 4.80 Å². The third-order valence-corrected chi connectivity index (χ3v) is 2.46. The molecule has 1 aromatic rings. The maximum Gasteiger partial charge on any atom is 0.182 e. The van der Waals surface area contributed by atoms with Crippen LogP contribution in [0.4, 0.5) is 0 Å². The minimum atomic E-state index is 0.628. The Labute approximate surface area is 76.1 Å². The number of aryl methyl sites for hydroxylation is 2. The normalized spacial score (nSPS) is 10.5. The molecule has 0 spiro atoms.